The van der Waals surface area contributed by atoms with E-state index in [1.807, 2.05) is 39.0 Å². The van der Waals surface area contributed by atoms with Crippen molar-refractivity contribution in [1.82, 2.24) is 5.32 Å². The summed E-state index contributed by atoms with van der Waals surface area (Å²) in [5.41, 5.74) is 1.14. The minimum absolute atomic E-state index is 0.237. The number of hydrogen-bond donors (Lipinski definition) is 1. The molecule has 3 nitrogen and oxygen atoms in total. The van der Waals surface area contributed by atoms with E-state index in [1.54, 1.807) is 0 Å². The van der Waals surface area contributed by atoms with Crippen LogP contribution in [0.25, 0.3) is 0 Å². The molecule has 1 aliphatic heterocycles. The molecular formula is C16H22BrNO2. The molecule has 20 heavy (non-hydrogen) atoms. The first-order valence-electron chi connectivity index (χ1n) is 7.11. The monoisotopic (exact) mass is 339 g/mol. The van der Waals surface area contributed by atoms with Gasteiger partial charge in [0.1, 0.15) is 5.60 Å². The highest BCUT2D eigenvalue weighted by atomic mass is 79.9. The van der Waals surface area contributed by atoms with E-state index in [2.05, 4.69) is 21.2 Å². The molecule has 0 aromatic heterocycles. The number of carbonyl (C=O) groups is 1. The molecule has 0 spiro atoms. The third-order valence-corrected chi connectivity index (χ3v) is 4.76. The summed E-state index contributed by atoms with van der Waals surface area (Å²) in [5, 5.41) is 3.34. The molecule has 0 atom stereocenters. The molecule has 4 heteroatoms. The average Bonchev–Trinajstić information content (AvgIpc) is 2.39. The number of carbonyl (C=O) groups excluding carboxylic acids is 1. The average molecular weight is 340 g/mol. The Bertz CT molecular complexity index is 473. The SMILES string of the molecule is Cc1cccc(Br)c1C(=O)OC(C)(C)C1CCNCC1. The van der Waals surface area contributed by atoms with Crippen LogP contribution >= 0.6 is 15.9 Å². The fraction of sp³-hybridized carbons (Fsp3) is 0.562. The van der Waals surface area contributed by atoms with E-state index in [-0.39, 0.29) is 5.97 Å². The predicted molar refractivity (Wildman–Crippen MR) is 84.0 cm³/mol. The smallest absolute Gasteiger partial charge is 0.340 e. The van der Waals surface area contributed by atoms with Crippen molar-refractivity contribution < 1.29 is 9.53 Å². The number of ether oxygens (including phenoxy) is 1. The molecule has 1 N–H and O–H groups in total. The Hall–Kier alpha value is -0.870. The summed E-state index contributed by atoms with van der Waals surface area (Å²) < 4.78 is 6.62. The van der Waals surface area contributed by atoms with E-state index in [4.69, 9.17) is 4.74 Å². The molecule has 110 valence electrons. The molecule has 1 aromatic rings. The van der Waals surface area contributed by atoms with Gasteiger partial charge in [0.2, 0.25) is 0 Å². The highest BCUT2D eigenvalue weighted by Crippen LogP contribution is 2.31. The summed E-state index contributed by atoms with van der Waals surface area (Å²) >= 11 is 3.44. The number of esters is 1. The van der Waals surface area contributed by atoms with Crippen LogP contribution in [0.4, 0.5) is 0 Å². The first-order chi connectivity index (χ1) is 9.42. The minimum Gasteiger partial charge on any atom is -0.456 e. The van der Waals surface area contributed by atoms with Gasteiger partial charge in [-0.05, 0) is 74.3 Å². The van der Waals surface area contributed by atoms with Gasteiger partial charge in [-0.3, -0.25) is 0 Å². The molecule has 1 fully saturated rings. The molecule has 0 unspecified atom stereocenters. The summed E-state index contributed by atoms with van der Waals surface area (Å²) in [5.74, 6) is 0.175. The van der Waals surface area contributed by atoms with Crippen molar-refractivity contribution in [3.8, 4) is 0 Å². The summed E-state index contributed by atoms with van der Waals surface area (Å²) in [6.07, 6.45) is 2.10. The molecule has 0 radical (unpaired) electrons. The normalized spacial score (nSPS) is 17.0. The Kier molecular flexibility index (Phi) is 4.86. The van der Waals surface area contributed by atoms with Gasteiger partial charge in [-0.15, -0.1) is 0 Å². The highest BCUT2D eigenvalue weighted by Gasteiger charge is 2.35. The van der Waals surface area contributed by atoms with Gasteiger partial charge >= 0.3 is 5.97 Å². The van der Waals surface area contributed by atoms with Crippen LogP contribution in [0.1, 0.15) is 42.6 Å². The van der Waals surface area contributed by atoms with Crippen molar-refractivity contribution in [1.29, 1.82) is 0 Å². The largest absolute Gasteiger partial charge is 0.456 e. The lowest BCUT2D eigenvalue weighted by Gasteiger charge is -2.36. The number of rotatable bonds is 3. The van der Waals surface area contributed by atoms with Gasteiger partial charge in [0.25, 0.3) is 0 Å². The van der Waals surface area contributed by atoms with Crippen molar-refractivity contribution in [2.24, 2.45) is 5.92 Å². The number of benzene rings is 1. The van der Waals surface area contributed by atoms with Crippen molar-refractivity contribution in [2.45, 2.75) is 39.2 Å². The zero-order valence-corrected chi connectivity index (χ0v) is 13.9. The van der Waals surface area contributed by atoms with Crippen LogP contribution in [0, 0.1) is 12.8 Å². The lowest BCUT2D eigenvalue weighted by molar-refractivity contribution is -0.0369. The van der Waals surface area contributed by atoms with Crippen molar-refractivity contribution in [2.75, 3.05) is 13.1 Å². The zero-order chi connectivity index (χ0) is 14.8. The second kappa shape index (κ2) is 6.27. The molecule has 0 saturated carbocycles. The van der Waals surface area contributed by atoms with Crippen LogP contribution in [-0.4, -0.2) is 24.7 Å². The van der Waals surface area contributed by atoms with E-state index in [1.165, 1.54) is 0 Å². The third kappa shape index (κ3) is 3.41. The number of piperidine rings is 1. The Morgan fingerprint density at radius 1 is 1.35 bits per heavy atom. The van der Waals surface area contributed by atoms with E-state index >= 15 is 0 Å². The quantitative estimate of drug-likeness (QED) is 0.853. The first-order valence-corrected chi connectivity index (χ1v) is 7.90. The van der Waals surface area contributed by atoms with Crippen LogP contribution in [0.2, 0.25) is 0 Å². The van der Waals surface area contributed by atoms with E-state index < -0.39 is 5.60 Å². The van der Waals surface area contributed by atoms with Crippen molar-refractivity contribution >= 4 is 21.9 Å². The van der Waals surface area contributed by atoms with Crippen molar-refractivity contribution in [3.63, 3.8) is 0 Å². The van der Waals surface area contributed by atoms with Crippen LogP contribution < -0.4 is 5.32 Å². The van der Waals surface area contributed by atoms with Crippen LogP contribution in [0.3, 0.4) is 0 Å². The molecule has 1 aliphatic rings. The molecule has 0 aliphatic carbocycles. The van der Waals surface area contributed by atoms with E-state index in [9.17, 15) is 4.79 Å². The van der Waals surface area contributed by atoms with Gasteiger partial charge in [0.15, 0.2) is 0 Å². The second-order valence-electron chi connectivity index (χ2n) is 5.95. The Morgan fingerprint density at radius 2 is 2.00 bits per heavy atom. The van der Waals surface area contributed by atoms with Gasteiger partial charge in [-0.1, -0.05) is 12.1 Å². The molecule has 1 saturated heterocycles. The molecule has 2 rings (SSSR count). The van der Waals surface area contributed by atoms with Crippen LogP contribution in [0.15, 0.2) is 22.7 Å². The summed E-state index contributed by atoms with van der Waals surface area (Å²) in [4.78, 5) is 12.5. The molecule has 1 aromatic carbocycles. The zero-order valence-electron chi connectivity index (χ0n) is 12.3. The summed E-state index contributed by atoms with van der Waals surface area (Å²) in [7, 11) is 0. The fourth-order valence-corrected chi connectivity index (χ4v) is 3.41. The van der Waals surface area contributed by atoms with Crippen molar-refractivity contribution in [3.05, 3.63) is 33.8 Å². The predicted octanol–water partition coefficient (Wildman–Crippen LogP) is 3.69. The van der Waals surface area contributed by atoms with Crippen LogP contribution in [0.5, 0.6) is 0 Å². The summed E-state index contributed by atoms with van der Waals surface area (Å²) in [6, 6.07) is 5.73. The molecule has 0 amide bonds. The standard InChI is InChI=1S/C16H22BrNO2/c1-11-5-4-6-13(17)14(11)15(19)20-16(2,3)12-7-9-18-10-8-12/h4-6,12,18H,7-10H2,1-3H3. The molecular weight excluding hydrogens is 318 g/mol. The maximum Gasteiger partial charge on any atom is 0.340 e. The first kappa shape index (κ1) is 15.5. The lowest BCUT2D eigenvalue weighted by atomic mass is 9.83. The molecule has 1 heterocycles. The number of halogens is 1. The van der Waals surface area contributed by atoms with Gasteiger partial charge in [0, 0.05) is 10.4 Å². The highest BCUT2D eigenvalue weighted by molar-refractivity contribution is 9.10. The number of aryl methyl sites for hydroxylation is 1. The second-order valence-corrected chi connectivity index (χ2v) is 6.80. The maximum absolute atomic E-state index is 12.5. The minimum atomic E-state index is -0.430. The fourth-order valence-electron chi connectivity index (χ4n) is 2.78. The number of nitrogens with one attached hydrogen (secondary N) is 1. The lowest BCUT2D eigenvalue weighted by Crippen LogP contribution is -2.42. The molecule has 0 bridgehead atoms. The Morgan fingerprint density at radius 3 is 2.60 bits per heavy atom. The van der Waals surface area contributed by atoms with E-state index in [0.717, 1.165) is 36.0 Å². The Balaban J connectivity index is 2.14. The maximum atomic E-state index is 12.5. The Labute approximate surface area is 129 Å². The topological polar surface area (TPSA) is 38.3 Å². The van der Waals surface area contributed by atoms with Gasteiger partial charge in [-0.25, -0.2) is 4.79 Å². The van der Waals surface area contributed by atoms with Crippen LogP contribution in [-0.2, 0) is 4.74 Å². The van der Waals surface area contributed by atoms with Gasteiger partial charge < -0.3 is 10.1 Å². The third-order valence-electron chi connectivity index (χ3n) is 4.10. The van der Waals surface area contributed by atoms with E-state index in [0.29, 0.717) is 11.5 Å². The van der Waals surface area contributed by atoms with Gasteiger partial charge in [0.05, 0.1) is 5.56 Å². The summed E-state index contributed by atoms with van der Waals surface area (Å²) in [6.45, 7) is 7.97. The van der Waals surface area contributed by atoms with Gasteiger partial charge in [-0.2, -0.15) is 0 Å². The number of hydrogen-bond acceptors (Lipinski definition) is 3.